The van der Waals surface area contributed by atoms with Crippen molar-refractivity contribution >= 4 is 28.8 Å². The van der Waals surface area contributed by atoms with Crippen LogP contribution in [0, 0.1) is 13.8 Å². The first-order valence-corrected chi connectivity index (χ1v) is 10.2. The van der Waals surface area contributed by atoms with Gasteiger partial charge in [-0.3, -0.25) is 4.79 Å². The summed E-state index contributed by atoms with van der Waals surface area (Å²) in [5.74, 6) is 1.13. The van der Waals surface area contributed by atoms with Crippen LogP contribution in [-0.4, -0.2) is 40.0 Å². The van der Waals surface area contributed by atoms with Crippen LogP contribution >= 0.6 is 0 Å². The number of carbonyl (C=O) groups excluding carboxylic acids is 1. The van der Waals surface area contributed by atoms with Crippen LogP contribution in [0.4, 0.5) is 22.9 Å². The molecule has 0 spiro atoms. The number of benzene rings is 2. The van der Waals surface area contributed by atoms with E-state index < -0.39 is 0 Å². The van der Waals surface area contributed by atoms with Gasteiger partial charge >= 0.3 is 0 Å². The predicted octanol–water partition coefficient (Wildman–Crippen LogP) is 4.34. The summed E-state index contributed by atoms with van der Waals surface area (Å²) in [4.78, 5) is 14.5. The Hall–Kier alpha value is -4.20. The van der Waals surface area contributed by atoms with Crippen molar-refractivity contribution in [3.05, 3.63) is 83.7 Å². The molecule has 162 valence electrons. The molecule has 0 fully saturated rings. The lowest BCUT2D eigenvalue weighted by molar-refractivity contribution is 0.102. The minimum absolute atomic E-state index is 0.153. The van der Waals surface area contributed by atoms with Crippen molar-refractivity contribution in [3.8, 4) is 5.82 Å². The largest absolute Gasteiger partial charge is 0.378 e. The molecule has 1 amide bonds. The van der Waals surface area contributed by atoms with Crippen LogP contribution in [-0.2, 0) is 0 Å². The Morgan fingerprint density at radius 2 is 1.66 bits per heavy atom. The number of rotatable bonds is 6. The van der Waals surface area contributed by atoms with Gasteiger partial charge < -0.3 is 15.5 Å². The van der Waals surface area contributed by atoms with Gasteiger partial charge in [-0.2, -0.15) is 5.10 Å². The van der Waals surface area contributed by atoms with Crippen molar-refractivity contribution in [2.45, 2.75) is 13.8 Å². The highest BCUT2D eigenvalue weighted by atomic mass is 16.1. The van der Waals surface area contributed by atoms with Crippen molar-refractivity contribution in [2.75, 3.05) is 29.6 Å². The average molecular weight is 428 g/mol. The normalized spacial score (nSPS) is 10.6. The van der Waals surface area contributed by atoms with Crippen LogP contribution < -0.4 is 15.5 Å². The molecule has 2 aromatic heterocycles. The number of aryl methyl sites for hydroxylation is 2. The monoisotopic (exact) mass is 427 g/mol. The molecule has 2 heterocycles. The van der Waals surface area contributed by atoms with E-state index in [4.69, 9.17) is 0 Å². The van der Waals surface area contributed by atoms with E-state index in [0.29, 0.717) is 22.9 Å². The van der Waals surface area contributed by atoms with Gasteiger partial charge in [0, 0.05) is 42.4 Å². The lowest BCUT2D eigenvalue weighted by Gasteiger charge is -2.13. The summed E-state index contributed by atoms with van der Waals surface area (Å²) in [5.41, 5.74) is 5.07. The van der Waals surface area contributed by atoms with Crippen molar-refractivity contribution in [3.63, 3.8) is 0 Å². The summed E-state index contributed by atoms with van der Waals surface area (Å²) in [6.07, 6.45) is 0. The Bertz CT molecular complexity index is 1230. The predicted molar refractivity (Wildman–Crippen MR) is 127 cm³/mol. The highest BCUT2D eigenvalue weighted by Gasteiger charge is 2.09. The number of hydrogen-bond acceptors (Lipinski definition) is 6. The van der Waals surface area contributed by atoms with E-state index in [-0.39, 0.29) is 5.91 Å². The molecule has 0 aliphatic carbocycles. The molecular formula is C24H25N7O. The fraction of sp³-hybridized carbons (Fsp3) is 0.167. The third kappa shape index (κ3) is 4.75. The van der Waals surface area contributed by atoms with E-state index >= 15 is 0 Å². The summed E-state index contributed by atoms with van der Waals surface area (Å²) in [6, 6.07) is 20.6. The van der Waals surface area contributed by atoms with Crippen LogP contribution in [0.2, 0.25) is 0 Å². The molecule has 0 unspecified atom stereocenters. The molecule has 0 radical (unpaired) electrons. The van der Waals surface area contributed by atoms with Crippen LogP contribution in [0.5, 0.6) is 0 Å². The highest BCUT2D eigenvalue weighted by Crippen LogP contribution is 2.20. The van der Waals surface area contributed by atoms with E-state index in [1.54, 1.807) is 10.7 Å². The number of nitrogens with zero attached hydrogens (tertiary/aromatic N) is 5. The topological polar surface area (TPSA) is 88.0 Å². The van der Waals surface area contributed by atoms with Gasteiger partial charge in [0.05, 0.1) is 5.69 Å². The number of carbonyl (C=O) groups is 1. The lowest BCUT2D eigenvalue weighted by Crippen LogP contribution is -2.14. The average Bonchev–Trinajstić information content (AvgIpc) is 3.13. The first kappa shape index (κ1) is 21.0. The number of hydrogen-bond donors (Lipinski definition) is 2. The molecule has 0 saturated carbocycles. The minimum atomic E-state index is -0.153. The quantitative estimate of drug-likeness (QED) is 0.476. The van der Waals surface area contributed by atoms with Gasteiger partial charge in [-0.25, -0.2) is 4.68 Å². The van der Waals surface area contributed by atoms with E-state index in [1.165, 1.54) is 0 Å². The van der Waals surface area contributed by atoms with Crippen molar-refractivity contribution < 1.29 is 4.79 Å². The van der Waals surface area contributed by atoms with Crippen molar-refractivity contribution in [1.82, 2.24) is 20.0 Å². The first-order valence-electron chi connectivity index (χ1n) is 10.2. The molecule has 8 nitrogen and oxygen atoms in total. The van der Waals surface area contributed by atoms with E-state index in [1.807, 2.05) is 93.5 Å². The molecule has 0 bridgehead atoms. The number of aromatic nitrogens is 4. The standard InChI is InChI=1S/C24H25N7O/c1-16-14-17(2)31(29-16)23-13-12-22(27-28-23)25-19-8-10-20(11-9-19)26-24(32)18-6-5-7-21(15-18)30(3)4/h5-15H,1-4H3,(H,25,27)(H,26,32). The second kappa shape index (κ2) is 8.89. The maximum atomic E-state index is 12.6. The van der Waals surface area contributed by atoms with Gasteiger partial charge in [0.2, 0.25) is 0 Å². The third-order valence-corrected chi connectivity index (χ3v) is 4.92. The molecule has 0 aliphatic heterocycles. The second-order valence-electron chi connectivity index (χ2n) is 7.72. The minimum Gasteiger partial charge on any atom is -0.378 e. The van der Waals surface area contributed by atoms with Gasteiger partial charge in [-0.15, -0.1) is 10.2 Å². The molecule has 2 N–H and O–H groups in total. The summed E-state index contributed by atoms with van der Waals surface area (Å²) < 4.78 is 1.76. The zero-order valence-electron chi connectivity index (χ0n) is 18.5. The number of amides is 1. The van der Waals surface area contributed by atoms with Crippen LogP contribution in [0.25, 0.3) is 5.82 Å². The Labute approximate surface area is 186 Å². The van der Waals surface area contributed by atoms with E-state index in [9.17, 15) is 4.79 Å². The van der Waals surface area contributed by atoms with Gasteiger partial charge in [0.1, 0.15) is 0 Å². The van der Waals surface area contributed by atoms with Crippen molar-refractivity contribution in [2.24, 2.45) is 0 Å². The van der Waals surface area contributed by atoms with Gasteiger partial charge in [-0.1, -0.05) is 6.07 Å². The Morgan fingerprint density at radius 3 is 2.28 bits per heavy atom. The molecule has 4 rings (SSSR count). The summed E-state index contributed by atoms with van der Waals surface area (Å²) >= 11 is 0. The summed E-state index contributed by atoms with van der Waals surface area (Å²) in [6.45, 7) is 3.92. The van der Waals surface area contributed by atoms with Gasteiger partial charge in [-0.05, 0) is 74.5 Å². The SMILES string of the molecule is Cc1cc(C)n(-c2ccc(Nc3ccc(NC(=O)c4cccc(N(C)C)c4)cc3)nn2)n1. The van der Waals surface area contributed by atoms with E-state index in [2.05, 4.69) is 25.9 Å². The summed E-state index contributed by atoms with van der Waals surface area (Å²) in [7, 11) is 3.89. The summed E-state index contributed by atoms with van der Waals surface area (Å²) in [5, 5.41) is 19.1. The zero-order chi connectivity index (χ0) is 22.7. The molecule has 2 aromatic carbocycles. The van der Waals surface area contributed by atoms with Crippen LogP contribution in [0.3, 0.4) is 0 Å². The smallest absolute Gasteiger partial charge is 0.255 e. The van der Waals surface area contributed by atoms with Crippen molar-refractivity contribution in [1.29, 1.82) is 0 Å². The fourth-order valence-electron chi connectivity index (χ4n) is 3.28. The molecule has 0 aliphatic rings. The Balaban J connectivity index is 1.40. The zero-order valence-corrected chi connectivity index (χ0v) is 18.5. The third-order valence-electron chi connectivity index (χ3n) is 4.92. The first-order chi connectivity index (χ1) is 15.4. The van der Waals surface area contributed by atoms with Crippen LogP contribution in [0.15, 0.2) is 66.7 Å². The van der Waals surface area contributed by atoms with E-state index in [0.717, 1.165) is 22.8 Å². The molecular weight excluding hydrogens is 402 g/mol. The second-order valence-corrected chi connectivity index (χ2v) is 7.72. The molecule has 32 heavy (non-hydrogen) atoms. The maximum absolute atomic E-state index is 12.6. The molecule has 8 heteroatoms. The van der Waals surface area contributed by atoms with Gasteiger partial charge in [0.15, 0.2) is 11.6 Å². The number of nitrogens with one attached hydrogen (secondary N) is 2. The van der Waals surface area contributed by atoms with Gasteiger partial charge in [0.25, 0.3) is 5.91 Å². The maximum Gasteiger partial charge on any atom is 0.255 e. The lowest BCUT2D eigenvalue weighted by atomic mass is 10.1. The molecule has 4 aromatic rings. The Kier molecular flexibility index (Phi) is 5.85. The molecule has 0 saturated heterocycles. The fourth-order valence-corrected chi connectivity index (χ4v) is 3.28. The Morgan fingerprint density at radius 1 is 0.906 bits per heavy atom. The number of anilines is 4. The highest BCUT2D eigenvalue weighted by molar-refractivity contribution is 6.04. The van der Waals surface area contributed by atoms with Crippen LogP contribution in [0.1, 0.15) is 21.7 Å². The molecule has 0 atom stereocenters.